The van der Waals surface area contributed by atoms with Gasteiger partial charge in [-0.15, -0.1) is 0 Å². The first-order valence-electron chi connectivity index (χ1n) is 11.7. The lowest BCUT2D eigenvalue weighted by atomic mass is 9.59. The summed E-state index contributed by atoms with van der Waals surface area (Å²) < 4.78 is 0.934. The molecule has 1 fully saturated rings. The number of nitrogens with one attached hydrogen (secondary N) is 1. The Labute approximate surface area is 210 Å². The fourth-order valence-corrected chi connectivity index (χ4v) is 5.76. The van der Waals surface area contributed by atoms with E-state index in [1.165, 1.54) is 18.5 Å². The van der Waals surface area contributed by atoms with E-state index in [2.05, 4.69) is 5.32 Å². The van der Waals surface area contributed by atoms with E-state index < -0.39 is 52.0 Å². The van der Waals surface area contributed by atoms with Gasteiger partial charge in [0, 0.05) is 47.9 Å². The van der Waals surface area contributed by atoms with E-state index in [0.717, 1.165) is 15.9 Å². The van der Waals surface area contributed by atoms with Gasteiger partial charge in [-0.3, -0.25) is 19.6 Å². The van der Waals surface area contributed by atoms with Crippen LogP contribution in [0, 0.1) is 11.8 Å². The highest BCUT2D eigenvalue weighted by Gasteiger charge is 2.60. The molecule has 0 unspecified atom stereocenters. The molecule has 3 atom stereocenters. The van der Waals surface area contributed by atoms with Crippen LogP contribution in [-0.4, -0.2) is 48.7 Å². The SMILES string of the molecule is NC(=O)C1=C(O)[C@@]2(O)C(=O)C3=C(O)c4c(O)ccc(CNCc5cc[n+](O)cc5)c4C[C@H]3C[C@H]2CC1=O. The van der Waals surface area contributed by atoms with E-state index in [1.54, 1.807) is 18.2 Å². The van der Waals surface area contributed by atoms with Crippen LogP contribution in [-0.2, 0) is 33.9 Å². The molecule has 5 rings (SSSR count). The number of primary amides is 1. The lowest BCUT2D eigenvalue weighted by molar-refractivity contribution is -0.904. The first-order chi connectivity index (χ1) is 17.5. The van der Waals surface area contributed by atoms with Crippen molar-refractivity contribution in [1.82, 2.24) is 5.32 Å². The van der Waals surface area contributed by atoms with Crippen molar-refractivity contribution in [2.45, 2.75) is 38.0 Å². The number of aromatic hydroxyl groups is 1. The second-order valence-electron chi connectivity index (χ2n) is 9.69. The molecule has 0 radical (unpaired) electrons. The summed E-state index contributed by atoms with van der Waals surface area (Å²) >= 11 is 0. The maximum absolute atomic E-state index is 13.5. The molecule has 0 bridgehead atoms. The van der Waals surface area contributed by atoms with Crippen molar-refractivity contribution in [2.75, 3.05) is 0 Å². The van der Waals surface area contributed by atoms with E-state index in [1.807, 2.05) is 0 Å². The third-order valence-corrected chi connectivity index (χ3v) is 7.57. The number of aliphatic hydroxyl groups is 3. The number of phenols is 1. The number of aliphatic hydroxyl groups excluding tert-OH is 2. The number of aromatic nitrogens is 1. The Morgan fingerprint density at radius 3 is 2.46 bits per heavy atom. The molecule has 3 aliphatic carbocycles. The number of phenolic OH excluding ortho intramolecular Hbond substituents is 1. The number of carbonyl (C=O) groups excluding carboxylic acids is 3. The van der Waals surface area contributed by atoms with Gasteiger partial charge in [0.1, 0.15) is 22.8 Å². The number of amides is 1. The van der Waals surface area contributed by atoms with Crippen LogP contribution in [0.1, 0.15) is 35.1 Å². The summed E-state index contributed by atoms with van der Waals surface area (Å²) in [6.07, 6.45) is 2.97. The van der Waals surface area contributed by atoms with Crippen molar-refractivity contribution in [3.63, 3.8) is 0 Å². The van der Waals surface area contributed by atoms with Crippen LogP contribution in [0.4, 0.5) is 0 Å². The molecular formula is C26H26N3O8+. The molecule has 2 aromatic rings. The molecule has 192 valence electrons. The zero-order valence-corrected chi connectivity index (χ0v) is 19.6. The molecule has 0 spiro atoms. The normalized spacial score (nSPS) is 25.0. The van der Waals surface area contributed by atoms with Crippen molar-refractivity contribution in [1.29, 1.82) is 0 Å². The molecule has 11 heteroatoms. The largest absolute Gasteiger partial charge is 0.508 e. The first kappa shape index (κ1) is 24.5. The Morgan fingerprint density at radius 2 is 1.78 bits per heavy atom. The number of nitrogens with zero attached hydrogens (tertiary/aromatic N) is 1. The number of ketones is 2. The Kier molecular flexibility index (Phi) is 5.76. The molecule has 1 saturated carbocycles. The summed E-state index contributed by atoms with van der Waals surface area (Å²) in [5.41, 5.74) is 4.03. The van der Waals surface area contributed by atoms with Crippen LogP contribution in [0.25, 0.3) is 5.76 Å². The minimum absolute atomic E-state index is 0.0625. The Morgan fingerprint density at radius 1 is 1.08 bits per heavy atom. The Bertz CT molecular complexity index is 1410. The number of rotatable bonds is 5. The Balaban J connectivity index is 1.51. The highest BCUT2D eigenvalue weighted by Crippen LogP contribution is 2.52. The summed E-state index contributed by atoms with van der Waals surface area (Å²) in [4.78, 5) is 37.7. The van der Waals surface area contributed by atoms with E-state index in [4.69, 9.17) is 5.73 Å². The quantitative estimate of drug-likeness (QED) is 0.168. The van der Waals surface area contributed by atoms with Crippen molar-refractivity contribution >= 4 is 23.2 Å². The van der Waals surface area contributed by atoms with Gasteiger partial charge in [0.2, 0.25) is 18.2 Å². The summed E-state index contributed by atoms with van der Waals surface area (Å²) in [5.74, 6) is -6.48. The van der Waals surface area contributed by atoms with Gasteiger partial charge in [-0.1, -0.05) is 6.07 Å². The fraction of sp³-hybridized carbons (Fsp3) is 0.308. The fourth-order valence-electron chi connectivity index (χ4n) is 5.76. The van der Waals surface area contributed by atoms with Crippen molar-refractivity contribution in [3.8, 4) is 5.75 Å². The predicted molar refractivity (Wildman–Crippen MR) is 126 cm³/mol. The zero-order chi connectivity index (χ0) is 26.6. The molecular weight excluding hydrogens is 482 g/mol. The number of hydrogen-bond donors (Lipinski definition) is 7. The molecule has 11 nitrogen and oxygen atoms in total. The van der Waals surface area contributed by atoms with Gasteiger partial charge >= 0.3 is 0 Å². The van der Waals surface area contributed by atoms with Crippen LogP contribution < -0.4 is 15.8 Å². The van der Waals surface area contributed by atoms with Crippen LogP contribution in [0.2, 0.25) is 0 Å². The molecule has 1 aromatic carbocycles. The van der Waals surface area contributed by atoms with E-state index in [0.29, 0.717) is 18.7 Å². The number of pyridine rings is 1. The molecule has 8 N–H and O–H groups in total. The number of fused-ring (bicyclic) bond motifs is 3. The predicted octanol–water partition coefficient (Wildman–Crippen LogP) is 0.238. The monoisotopic (exact) mass is 508 g/mol. The maximum atomic E-state index is 13.5. The van der Waals surface area contributed by atoms with Crippen molar-refractivity contribution in [3.05, 3.63) is 75.8 Å². The van der Waals surface area contributed by atoms with E-state index in [9.17, 15) is 40.0 Å². The summed E-state index contributed by atoms with van der Waals surface area (Å²) in [5, 5.41) is 56.3. The average molecular weight is 509 g/mol. The van der Waals surface area contributed by atoms with Crippen molar-refractivity contribution in [2.24, 2.45) is 17.6 Å². The summed E-state index contributed by atoms with van der Waals surface area (Å²) in [6.45, 7) is 0.855. The van der Waals surface area contributed by atoms with Crippen LogP contribution in [0.5, 0.6) is 5.75 Å². The number of Topliss-reactive ketones (excluding diaryl/α,β-unsaturated/α-hetero) is 2. The van der Waals surface area contributed by atoms with E-state index in [-0.39, 0.29) is 36.1 Å². The average Bonchev–Trinajstić information content (AvgIpc) is 2.83. The molecule has 0 saturated heterocycles. The maximum Gasteiger partial charge on any atom is 0.255 e. The number of carbonyl (C=O) groups is 3. The van der Waals surface area contributed by atoms with Gasteiger partial charge in [-0.05, 0) is 41.5 Å². The minimum atomic E-state index is -2.58. The second kappa shape index (κ2) is 8.71. The molecule has 1 aromatic heterocycles. The van der Waals surface area contributed by atoms with Crippen molar-refractivity contribution < 1.29 is 44.7 Å². The number of benzene rings is 1. The highest BCUT2D eigenvalue weighted by atomic mass is 16.5. The second-order valence-corrected chi connectivity index (χ2v) is 9.69. The first-order valence-corrected chi connectivity index (χ1v) is 11.7. The Hall–Kier alpha value is -4.22. The summed E-state index contributed by atoms with van der Waals surface area (Å²) in [7, 11) is 0. The topological polar surface area (TPSA) is 194 Å². The van der Waals surface area contributed by atoms with Crippen LogP contribution >= 0.6 is 0 Å². The van der Waals surface area contributed by atoms with E-state index >= 15 is 0 Å². The highest BCUT2D eigenvalue weighted by molar-refractivity contribution is 6.22. The lowest BCUT2D eigenvalue weighted by Gasteiger charge is -2.46. The van der Waals surface area contributed by atoms with Gasteiger partial charge < -0.3 is 31.5 Å². The van der Waals surface area contributed by atoms with Gasteiger partial charge in [0.15, 0.2) is 11.4 Å². The molecule has 1 amide bonds. The molecule has 37 heavy (non-hydrogen) atoms. The number of hydrogen-bond acceptors (Lipinski definition) is 9. The van der Waals surface area contributed by atoms with Gasteiger partial charge in [0.05, 0.1) is 5.56 Å². The smallest absolute Gasteiger partial charge is 0.255 e. The van der Waals surface area contributed by atoms with Gasteiger partial charge in [0.25, 0.3) is 5.91 Å². The molecule has 3 aliphatic rings. The minimum Gasteiger partial charge on any atom is -0.508 e. The third-order valence-electron chi connectivity index (χ3n) is 7.57. The third kappa shape index (κ3) is 3.74. The lowest BCUT2D eigenvalue weighted by Crippen LogP contribution is -2.58. The zero-order valence-electron chi connectivity index (χ0n) is 19.6. The summed E-state index contributed by atoms with van der Waals surface area (Å²) in [6, 6.07) is 6.60. The van der Waals surface area contributed by atoms with Gasteiger partial charge in [-0.25, -0.2) is 0 Å². The standard InChI is InChI=1S/C26H25N3O8/c27-25(35)21-18(31)9-15-7-14-8-16-13(11-28-10-12-3-5-29(37)6-4-12)1-2-17(30)20(16)22(32)19(14)23(33)26(15,36)24(21)34/h1-6,14-15,28,36H,7-11H2,(H5-,27,30,31,32,33,34,35,37)/p+1/t14-,15+,26+/m1/s1. The van der Waals surface area contributed by atoms with Gasteiger partial charge in [-0.2, -0.15) is 0 Å². The molecule has 1 heterocycles. The van der Waals surface area contributed by atoms with Crippen LogP contribution in [0.3, 0.4) is 0 Å². The van der Waals surface area contributed by atoms with Crippen LogP contribution in [0.15, 0.2) is 53.6 Å². The molecule has 0 aliphatic heterocycles. The number of nitrogens with two attached hydrogens (primary N) is 1.